The summed E-state index contributed by atoms with van der Waals surface area (Å²) in [6, 6.07) is 7.91. The molecule has 6 rings (SSSR count). The Labute approximate surface area is 201 Å². The van der Waals surface area contributed by atoms with E-state index < -0.39 is 58.9 Å². The molecule has 0 unspecified atom stereocenters. The first-order chi connectivity index (χ1) is 16.8. The molecule has 2 aromatic carbocycles. The third-order valence-electron chi connectivity index (χ3n) is 7.43. The number of benzene rings is 2. The lowest BCUT2D eigenvalue weighted by molar-refractivity contribution is -0.347. The van der Waals surface area contributed by atoms with Gasteiger partial charge in [-0.15, -0.1) is 0 Å². The number of nitrogens with zero attached hydrogens (tertiary/aromatic N) is 2. The van der Waals surface area contributed by atoms with Crippen LogP contribution in [0.25, 0.3) is 0 Å². The molecule has 1 atom stereocenters. The summed E-state index contributed by atoms with van der Waals surface area (Å²) in [6.45, 7) is -2.15. The lowest BCUT2D eigenvalue weighted by Crippen LogP contribution is -2.76. The Bertz CT molecular complexity index is 1240. The molecule has 1 aromatic heterocycles. The third kappa shape index (κ3) is 3.75. The highest BCUT2D eigenvalue weighted by atomic mass is 19.4. The lowest BCUT2D eigenvalue weighted by atomic mass is 9.30. The first-order valence-electron chi connectivity index (χ1n) is 11.1. The van der Waals surface area contributed by atoms with Crippen molar-refractivity contribution >= 4 is 0 Å². The topological polar surface area (TPSA) is 47.3 Å². The number of halogens is 7. The van der Waals surface area contributed by atoms with E-state index in [1.165, 1.54) is 35.4 Å². The Hall–Kier alpha value is -3.08. The number of hydrogen-bond donors (Lipinski definition) is 1. The first kappa shape index (κ1) is 24.6. The monoisotopic (exact) mass is 514 g/mol. The maximum atomic E-state index is 16.2. The van der Waals surface area contributed by atoms with Crippen molar-refractivity contribution in [2.24, 2.45) is 5.41 Å². The normalized spacial score (nSPS) is 25.0. The number of aromatic nitrogens is 2. The van der Waals surface area contributed by atoms with Crippen molar-refractivity contribution in [3.63, 3.8) is 0 Å². The van der Waals surface area contributed by atoms with E-state index >= 15 is 8.78 Å². The molecule has 4 nitrogen and oxygen atoms in total. The van der Waals surface area contributed by atoms with Gasteiger partial charge in [-0.25, -0.2) is 22.5 Å². The van der Waals surface area contributed by atoms with Crippen molar-refractivity contribution in [2.75, 3.05) is 6.61 Å². The number of imidazole rings is 1. The van der Waals surface area contributed by atoms with Crippen molar-refractivity contribution in [3.8, 4) is 5.75 Å². The van der Waals surface area contributed by atoms with Gasteiger partial charge in [-0.05, 0) is 54.5 Å². The number of ether oxygens (including phenoxy) is 1. The minimum Gasteiger partial charge on any atom is -0.484 e. The standard InChI is InChI=1S/C25H21F7N2O2/c26-17-3-6-19(20(27)9-17)23(35,13-34-8-7-33-15-34)25(31,32)22-10-21(11-22,12-22)16-1-4-18(5-2-16)36-14-24(28,29)30/h1-9,15,35H,10-14H2/t21?,22?,23-/m0/s1. The molecule has 0 saturated heterocycles. The van der Waals surface area contributed by atoms with Crippen LogP contribution in [0.4, 0.5) is 30.7 Å². The largest absolute Gasteiger partial charge is 0.484 e. The Morgan fingerprint density at radius 3 is 2.19 bits per heavy atom. The minimum absolute atomic E-state index is 0.00390. The fourth-order valence-corrected chi connectivity index (χ4v) is 5.76. The molecular weight excluding hydrogens is 493 g/mol. The number of alkyl halides is 5. The zero-order valence-electron chi connectivity index (χ0n) is 18.7. The molecule has 192 valence electrons. The summed E-state index contributed by atoms with van der Waals surface area (Å²) in [5.74, 6) is -6.05. The molecule has 0 spiro atoms. The average molecular weight is 514 g/mol. The van der Waals surface area contributed by atoms with Crippen LogP contribution >= 0.6 is 0 Å². The maximum Gasteiger partial charge on any atom is 0.422 e. The minimum atomic E-state index is -4.48. The van der Waals surface area contributed by atoms with Crippen LogP contribution in [0.5, 0.6) is 5.75 Å². The second-order valence-corrected chi connectivity index (χ2v) is 9.81. The number of aliphatic hydroxyl groups is 1. The van der Waals surface area contributed by atoms with Gasteiger partial charge in [0.2, 0.25) is 0 Å². The van der Waals surface area contributed by atoms with Gasteiger partial charge in [-0.3, -0.25) is 0 Å². The predicted molar refractivity (Wildman–Crippen MR) is 113 cm³/mol. The molecular formula is C25H21F7N2O2. The Morgan fingerprint density at radius 1 is 0.972 bits per heavy atom. The van der Waals surface area contributed by atoms with Crippen LogP contribution in [0.1, 0.15) is 30.4 Å². The Kier molecular flexibility index (Phi) is 5.44. The van der Waals surface area contributed by atoms with Crippen LogP contribution in [0.15, 0.2) is 61.2 Å². The van der Waals surface area contributed by atoms with Gasteiger partial charge in [-0.1, -0.05) is 12.1 Å². The van der Waals surface area contributed by atoms with Crippen LogP contribution in [0.3, 0.4) is 0 Å². The number of rotatable bonds is 8. The maximum absolute atomic E-state index is 16.2. The van der Waals surface area contributed by atoms with E-state index in [-0.39, 0.29) is 25.0 Å². The molecule has 11 heteroatoms. The smallest absolute Gasteiger partial charge is 0.422 e. The van der Waals surface area contributed by atoms with Crippen LogP contribution in [-0.4, -0.2) is 33.4 Å². The van der Waals surface area contributed by atoms with Crippen LogP contribution < -0.4 is 4.74 Å². The summed E-state index contributed by atoms with van der Waals surface area (Å²) >= 11 is 0. The van der Waals surface area contributed by atoms with Gasteiger partial charge < -0.3 is 14.4 Å². The van der Waals surface area contributed by atoms with E-state index in [1.807, 2.05) is 0 Å². The molecule has 1 heterocycles. The summed E-state index contributed by atoms with van der Waals surface area (Å²) in [7, 11) is 0. The van der Waals surface area contributed by atoms with Gasteiger partial charge in [-0.2, -0.15) is 13.2 Å². The molecule has 36 heavy (non-hydrogen) atoms. The summed E-state index contributed by atoms with van der Waals surface area (Å²) < 4.78 is 104. The summed E-state index contributed by atoms with van der Waals surface area (Å²) in [5, 5.41) is 11.4. The van der Waals surface area contributed by atoms with Gasteiger partial charge in [0.1, 0.15) is 17.4 Å². The van der Waals surface area contributed by atoms with Crippen molar-refractivity contribution < 1.29 is 40.6 Å². The zero-order chi connectivity index (χ0) is 26.0. The molecule has 2 bridgehead atoms. The summed E-state index contributed by atoms with van der Waals surface area (Å²) in [4.78, 5) is 3.79. The van der Waals surface area contributed by atoms with E-state index in [0.717, 1.165) is 12.1 Å². The highest BCUT2D eigenvalue weighted by Crippen LogP contribution is 2.80. The molecule has 3 aliphatic carbocycles. The van der Waals surface area contributed by atoms with Crippen molar-refractivity contribution in [3.05, 3.63) is 83.9 Å². The molecule has 0 amide bonds. The van der Waals surface area contributed by atoms with Crippen molar-refractivity contribution in [1.82, 2.24) is 9.55 Å². The van der Waals surface area contributed by atoms with E-state index in [0.29, 0.717) is 11.6 Å². The molecule has 1 N–H and O–H groups in total. The van der Waals surface area contributed by atoms with Crippen molar-refractivity contribution in [1.29, 1.82) is 0 Å². The lowest BCUT2D eigenvalue weighted by Gasteiger charge is -2.74. The average Bonchev–Trinajstić information content (AvgIpc) is 3.23. The molecule has 0 radical (unpaired) electrons. The Balaban J connectivity index is 1.39. The molecule has 3 aromatic rings. The van der Waals surface area contributed by atoms with Gasteiger partial charge in [0.05, 0.1) is 12.9 Å². The van der Waals surface area contributed by atoms with E-state index in [9.17, 15) is 27.1 Å². The number of hydrogen-bond acceptors (Lipinski definition) is 3. The first-order valence-corrected chi connectivity index (χ1v) is 11.1. The molecule has 3 aliphatic rings. The zero-order valence-corrected chi connectivity index (χ0v) is 18.7. The van der Waals surface area contributed by atoms with E-state index in [2.05, 4.69) is 4.98 Å². The quantitative estimate of drug-likeness (QED) is 0.390. The van der Waals surface area contributed by atoms with E-state index in [1.54, 1.807) is 12.1 Å². The Morgan fingerprint density at radius 2 is 1.64 bits per heavy atom. The highest BCUT2D eigenvalue weighted by Gasteiger charge is 2.82. The van der Waals surface area contributed by atoms with Gasteiger partial charge in [0.25, 0.3) is 5.92 Å². The van der Waals surface area contributed by atoms with Crippen LogP contribution in [0.2, 0.25) is 0 Å². The highest BCUT2D eigenvalue weighted by molar-refractivity contribution is 5.44. The van der Waals surface area contributed by atoms with Gasteiger partial charge >= 0.3 is 6.18 Å². The molecule has 3 saturated carbocycles. The third-order valence-corrected chi connectivity index (χ3v) is 7.43. The van der Waals surface area contributed by atoms with Crippen LogP contribution in [0, 0.1) is 17.0 Å². The second kappa shape index (κ2) is 7.96. The fourth-order valence-electron chi connectivity index (χ4n) is 5.76. The summed E-state index contributed by atoms with van der Waals surface area (Å²) in [5.41, 5.74) is -5.29. The summed E-state index contributed by atoms with van der Waals surface area (Å²) in [6.07, 6.45) is -0.608. The predicted octanol–water partition coefficient (Wildman–Crippen LogP) is 5.75. The van der Waals surface area contributed by atoms with Gasteiger partial charge in [0.15, 0.2) is 12.2 Å². The van der Waals surface area contributed by atoms with Crippen LogP contribution in [-0.2, 0) is 17.6 Å². The molecule has 3 fully saturated rings. The second-order valence-electron chi connectivity index (χ2n) is 9.81. The molecule has 0 aliphatic heterocycles. The van der Waals surface area contributed by atoms with E-state index in [4.69, 9.17) is 4.74 Å². The van der Waals surface area contributed by atoms with Crippen molar-refractivity contribution in [2.45, 2.75) is 48.9 Å². The SMILES string of the molecule is O[C@@](Cn1ccnc1)(c1ccc(F)cc1F)C(F)(F)C12CC(c3ccc(OCC(F)(F)F)cc3)(C1)C2. The fraction of sp³-hybridized carbons (Fsp3) is 0.400. The van der Waals surface area contributed by atoms with Gasteiger partial charge in [0, 0.05) is 29.4 Å².